The van der Waals surface area contributed by atoms with Crippen LogP contribution in [0.15, 0.2) is 47.6 Å². The largest absolute Gasteiger partial charge is 0.295 e. The molecule has 0 bridgehead atoms. The molecule has 0 amide bonds. The van der Waals surface area contributed by atoms with Gasteiger partial charge in [-0.15, -0.1) is 0 Å². The third-order valence-electron chi connectivity index (χ3n) is 4.46. The Balaban J connectivity index is 1.52. The van der Waals surface area contributed by atoms with Gasteiger partial charge in [-0.2, -0.15) is 5.10 Å². The molecular formula is C20H24ClN3. The van der Waals surface area contributed by atoms with Crippen LogP contribution in [0.4, 0.5) is 0 Å². The van der Waals surface area contributed by atoms with Crippen LogP contribution in [0.2, 0.25) is 5.02 Å². The first-order chi connectivity index (χ1) is 11.6. The van der Waals surface area contributed by atoms with Crippen LogP contribution in [0.1, 0.15) is 22.3 Å². The van der Waals surface area contributed by atoms with Crippen molar-refractivity contribution >= 4 is 17.8 Å². The minimum Gasteiger partial charge on any atom is -0.295 e. The first kappa shape index (κ1) is 17.0. The monoisotopic (exact) mass is 341 g/mol. The molecule has 1 aliphatic rings. The molecule has 2 aromatic carbocycles. The summed E-state index contributed by atoms with van der Waals surface area (Å²) in [5, 5.41) is 7.47. The summed E-state index contributed by atoms with van der Waals surface area (Å²) in [7, 11) is 0. The van der Waals surface area contributed by atoms with Crippen molar-refractivity contribution in [3.8, 4) is 0 Å². The lowest BCUT2D eigenvalue weighted by Crippen LogP contribution is -2.43. The van der Waals surface area contributed by atoms with Gasteiger partial charge in [-0.25, -0.2) is 0 Å². The molecule has 4 heteroatoms. The fraction of sp³-hybridized carbons (Fsp3) is 0.350. The Morgan fingerprint density at radius 2 is 1.83 bits per heavy atom. The van der Waals surface area contributed by atoms with Gasteiger partial charge in [0.15, 0.2) is 0 Å². The Bertz CT molecular complexity index is 719. The zero-order valence-corrected chi connectivity index (χ0v) is 15.1. The second-order valence-corrected chi connectivity index (χ2v) is 6.90. The molecule has 1 heterocycles. The molecule has 126 valence electrons. The first-order valence-electron chi connectivity index (χ1n) is 8.43. The van der Waals surface area contributed by atoms with Crippen LogP contribution in [0.3, 0.4) is 0 Å². The van der Waals surface area contributed by atoms with E-state index in [4.69, 9.17) is 11.6 Å². The Labute approximate surface area is 149 Å². The molecular weight excluding hydrogens is 318 g/mol. The van der Waals surface area contributed by atoms with E-state index < -0.39 is 0 Å². The number of hydrogen-bond acceptors (Lipinski definition) is 3. The van der Waals surface area contributed by atoms with Crippen molar-refractivity contribution in [2.24, 2.45) is 5.10 Å². The van der Waals surface area contributed by atoms with Gasteiger partial charge in [-0.1, -0.05) is 47.5 Å². The molecule has 0 aliphatic carbocycles. The molecule has 0 atom stereocenters. The van der Waals surface area contributed by atoms with Crippen LogP contribution < -0.4 is 0 Å². The Hall–Kier alpha value is -1.84. The number of nitrogens with zero attached hydrogens (tertiary/aromatic N) is 3. The van der Waals surface area contributed by atoms with E-state index in [1.54, 1.807) is 0 Å². The lowest BCUT2D eigenvalue weighted by Gasteiger charge is -2.33. The highest BCUT2D eigenvalue weighted by molar-refractivity contribution is 6.30. The highest BCUT2D eigenvalue weighted by atomic mass is 35.5. The molecule has 1 saturated heterocycles. The number of rotatable bonds is 4. The molecule has 0 radical (unpaired) electrons. The summed E-state index contributed by atoms with van der Waals surface area (Å²) in [6.45, 7) is 9.38. The van der Waals surface area contributed by atoms with Crippen molar-refractivity contribution in [3.05, 3.63) is 69.7 Å². The average molecular weight is 342 g/mol. The third kappa shape index (κ3) is 4.59. The van der Waals surface area contributed by atoms with E-state index in [2.05, 4.69) is 47.1 Å². The summed E-state index contributed by atoms with van der Waals surface area (Å²) in [5.41, 5.74) is 5.18. The van der Waals surface area contributed by atoms with Gasteiger partial charge in [-0.3, -0.25) is 9.91 Å². The maximum absolute atomic E-state index is 6.00. The Kier molecular flexibility index (Phi) is 5.54. The molecule has 24 heavy (non-hydrogen) atoms. The fourth-order valence-electron chi connectivity index (χ4n) is 3.01. The predicted octanol–water partition coefficient (Wildman–Crippen LogP) is 4.11. The maximum atomic E-state index is 6.00. The van der Waals surface area contributed by atoms with Gasteiger partial charge in [0.2, 0.25) is 0 Å². The zero-order valence-electron chi connectivity index (χ0n) is 14.4. The molecule has 3 rings (SSSR count). The SMILES string of the molecule is Cc1ccc(CN2CCN(/N=C/c3cccc(Cl)c3)CC2)c(C)c1. The molecule has 3 nitrogen and oxygen atoms in total. The van der Waals surface area contributed by atoms with E-state index in [0.717, 1.165) is 43.3 Å². The summed E-state index contributed by atoms with van der Waals surface area (Å²) in [4.78, 5) is 2.50. The Morgan fingerprint density at radius 3 is 2.54 bits per heavy atom. The van der Waals surface area contributed by atoms with Gasteiger partial charge in [0.05, 0.1) is 6.21 Å². The van der Waals surface area contributed by atoms with Gasteiger partial charge in [-0.05, 0) is 42.7 Å². The van der Waals surface area contributed by atoms with Crippen molar-refractivity contribution in [3.63, 3.8) is 0 Å². The number of piperazine rings is 1. The molecule has 0 spiro atoms. The zero-order chi connectivity index (χ0) is 16.9. The second kappa shape index (κ2) is 7.82. The molecule has 0 saturated carbocycles. The van der Waals surface area contributed by atoms with E-state index in [1.165, 1.54) is 16.7 Å². The van der Waals surface area contributed by atoms with Gasteiger partial charge in [0.1, 0.15) is 0 Å². The molecule has 0 N–H and O–H groups in total. The third-order valence-corrected chi connectivity index (χ3v) is 4.69. The topological polar surface area (TPSA) is 18.8 Å². The second-order valence-electron chi connectivity index (χ2n) is 6.46. The standard InChI is InChI=1S/C20H24ClN3/c1-16-6-7-19(17(2)12-16)15-23-8-10-24(11-9-23)22-14-18-4-3-5-20(21)13-18/h3-7,12-14H,8-11,15H2,1-2H3/b22-14+. The minimum absolute atomic E-state index is 0.747. The van der Waals surface area contributed by atoms with Gasteiger partial charge in [0.25, 0.3) is 0 Å². The van der Waals surface area contributed by atoms with Gasteiger partial charge >= 0.3 is 0 Å². The highest BCUT2D eigenvalue weighted by Crippen LogP contribution is 2.15. The van der Waals surface area contributed by atoms with Crippen molar-refractivity contribution in [2.45, 2.75) is 20.4 Å². The van der Waals surface area contributed by atoms with Crippen LogP contribution in [-0.2, 0) is 6.54 Å². The van der Waals surface area contributed by atoms with E-state index in [1.807, 2.05) is 30.5 Å². The highest BCUT2D eigenvalue weighted by Gasteiger charge is 2.16. The van der Waals surface area contributed by atoms with E-state index in [-0.39, 0.29) is 0 Å². The number of benzene rings is 2. The van der Waals surface area contributed by atoms with E-state index >= 15 is 0 Å². The number of halogens is 1. The molecule has 1 fully saturated rings. The lowest BCUT2D eigenvalue weighted by molar-refractivity contribution is 0.131. The van der Waals surface area contributed by atoms with Crippen LogP contribution in [0.5, 0.6) is 0 Å². The van der Waals surface area contributed by atoms with E-state index in [0.29, 0.717) is 0 Å². The average Bonchev–Trinajstić information content (AvgIpc) is 2.57. The van der Waals surface area contributed by atoms with Crippen LogP contribution in [0.25, 0.3) is 0 Å². The molecule has 1 aliphatic heterocycles. The molecule has 2 aromatic rings. The normalized spacial score (nSPS) is 16.0. The summed E-state index contributed by atoms with van der Waals surface area (Å²) in [6, 6.07) is 14.5. The summed E-state index contributed by atoms with van der Waals surface area (Å²) in [5.74, 6) is 0. The maximum Gasteiger partial charge on any atom is 0.0543 e. The number of aryl methyl sites for hydroxylation is 2. The van der Waals surface area contributed by atoms with Crippen molar-refractivity contribution in [1.82, 2.24) is 9.91 Å². The van der Waals surface area contributed by atoms with Crippen LogP contribution >= 0.6 is 11.6 Å². The summed E-state index contributed by atoms with van der Waals surface area (Å²) < 4.78 is 0. The summed E-state index contributed by atoms with van der Waals surface area (Å²) >= 11 is 6.00. The Morgan fingerprint density at radius 1 is 1.04 bits per heavy atom. The lowest BCUT2D eigenvalue weighted by atomic mass is 10.1. The fourth-order valence-corrected chi connectivity index (χ4v) is 3.21. The number of hydrogen-bond donors (Lipinski definition) is 0. The predicted molar refractivity (Wildman–Crippen MR) is 102 cm³/mol. The smallest absolute Gasteiger partial charge is 0.0543 e. The van der Waals surface area contributed by atoms with Crippen LogP contribution in [-0.4, -0.2) is 42.3 Å². The molecule has 0 aromatic heterocycles. The number of hydrazone groups is 1. The van der Waals surface area contributed by atoms with Gasteiger partial charge < -0.3 is 0 Å². The van der Waals surface area contributed by atoms with Crippen molar-refractivity contribution < 1.29 is 0 Å². The minimum atomic E-state index is 0.747. The van der Waals surface area contributed by atoms with E-state index in [9.17, 15) is 0 Å². The van der Waals surface area contributed by atoms with Crippen LogP contribution in [0, 0.1) is 13.8 Å². The van der Waals surface area contributed by atoms with Crippen molar-refractivity contribution in [1.29, 1.82) is 0 Å². The van der Waals surface area contributed by atoms with Gasteiger partial charge in [0, 0.05) is 37.7 Å². The first-order valence-corrected chi connectivity index (χ1v) is 8.81. The van der Waals surface area contributed by atoms with Crippen molar-refractivity contribution in [2.75, 3.05) is 26.2 Å². The summed E-state index contributed by atoms with van der Waals surface area (Å²) in [6.07, 6.45) is 1.89. The quantitative estimate of drug-likeness (QED) is 0.779. The molecule has 0 unspecified atom stereocenters.